The van der Waals surface area contributed by atoms with Gasteiger partial charge in [0.1, 0.15) is 5.82 Å². The fourth-order valence-electron chi connectivity index (χ4n) is 2.71. The van der Waals surface area contributed by atoms with Crippen molar-refractivity contribution in [1.82, 2.24) is 4.98 Å². The summed E-state index contributed by atoms with van der Waals surface area (Å²) in [7, 11) is -3.05. The van der Waals surface area contributed by atoms with Crippen molar-refractivity contribution in [3.8, 4) is 11.3 Å². The molecule has 0 bridgehead atoms. The highest BCUT2D eigenvalue weighted by Gasteiger charge is 2.30. The maximum Gasteiger partial charge on any atom is 0.306 e. The van der Waals surface area contributed by atoms with Gasteiger partial charge >= 0.3 is 5.97 Å². The van der Waals surface area contributed by atoms with Gasteiger partial charge in [-0.25, -0.2) is 17.8 Å². The Balaban J connectivity index is 1.45. The molecule has 10 heteroatoms. The van der Waals surface area contributed by atoms with Crippen LogP contribution in [-0.4, -0.2) is 43.4 Å². The zero-order valence-electron chi connectivity index (χ0n) is 14.2. The molecule has 0 unspecified atom stereocenters. The summed E-state index contributed by atoms with van der Waals surface area (Å²) in [6.07, 6.45) is 0.424. The summed E-state index contributed by atoms with van der Waals surface area (Å²) < 4.78 is 40.6. The maximum absolute atomic E-state index is 12.9. The Bertz CT molecular complexity index is 940. The number of nitrogens with one attached hydrogen (secondary N) is 1. The van der Waals surface area contributed by atoms with Crippen molar-refractivity contribution in [1.29, 1.82) is 0 Å². The van der Waals surface area contributed by atoms with Gasteiger partial charge in [-0.3, -0.25) is 14.9 Å². The van der Waals surface area contributed by atoms with Crippen molar-refractivity contribution in [3.63, 3.8) is 0 Å². The second-order valence-corrected chi connectivity index (χ2v) is 9.31. The Kier molecular flexibility index (Phi) is 5.85. The average Bonchev–Trinajstić information content (AvgIpc) is 3.20. The number of esters is 1. The molecular weight excluding hydrogens is 395 g/mol. The monoisotopic (exact) mass is 412 g/mol. The van der Waals surface area contributed by atoms with Crippen LogP contribution in [0.4, 0.5) is 9.52 Å². The molecule has 1 fully saturated rings. The predicted octanol–water partition coefficient (Wildman–Crippen LogP) is 2.26. The van der Waals surface area contributed by atoms with E-state index in [4.69, 9.17) is 4.74 Å². The van der Waals surface area contributed by atoms with Crippen LogP contribution in [0.1, 0.15) is 12.8 Å². The molecule has 27 heavy (non-hydrogen) atoms. The number of ether oxygens (including phenoxy) is 1. The molecule has 1 N–H and O–H groups in total. The van der Waals surface area contributed by atoms with Gasteiger partial charge in [-0.2, -0.15) is 0 Å². The smallest absolute Gasteiger partial charge is 0.306 e. The molecule has 7 nitrogen and oxygen atoms in total. The Morgan fingerprint density at radius 3 is 2.70 bits per heavy atom. The first-order valence-electron chi connectivity index (χ1n) is 8.18. The number of thiazole rings is 1. The van der Waals surface area contributed by atoms with Crippen molar-refractivity contribution in [3.05, 3.63) is 35.5 Å². The molecular formula is C17H17FN2O5S2. The minimum Gasteiger partial charge on any atom is -0.456 e. The number of sulfone groups is 1. The molecule has 1 saturated heterocycles. The topological polar surface area (TPSA) is 102 Å². The summed E-state index contributed by atoms with van der Waals surface area (Å²) in [5.74, 6) is -1.66. The van der Waals surface area contributed by atoms with E-state index in [2.05, 4.69) is 10.3 Å². The fraction of sp³-hybridized carbons (Fsp3) is 0.353. The number of halogens is 1. The number of nitrogens with zero attached hydrogens (tertiary/aromatic N) is 1. The van der Waals surface area contributed by atoms with Crippen molar-refractivity contribution >= 4 is 38.2 Å². The molecule has 0 spiro atoms. The number of carbonyl (C=O) groups is 2. The van der Waals surface area contributed by atoms with Crippen LogP contribution in [0.3, 0.4) is 0 Å². The third kappa shape index (κ3) is 5.57. The first kappa shape index (κ1) is 19.4. The quantitative estimate of drug-likeness (QED) is 0.730. The molecule has 2 heterocycles. The molecule has 1 aromatic carbocycles. The first-order valence-corrected chi connectivity index (χ1v) is 10.9. The summed E-state index contributed by atoms with van der Waals surface area (Å²) in [4.78, 5) is 27.9. The number of amides is 1. The van der Waals surface area contributed by atoms with Crippen LogP contribution in [0.2, 0.25) is 0 Å². The third-order valence-corrected chi connectivity index (χ3v) is 6.63. The number of aromatic nitrogens is 1. The summed E-state index contributed by atoms with van der Waals surface area (Å²) >= 11 is 1.19. The summed E-state index contributed by atoms with van der Waals surface area (Å²) in [5.41, 5.74) is 1.31. The van der Waals surface area contributed by atoms with Crippen LogP contribution >= 0.6 is 11.3 Å². The van der Waals surface area contributed by atoms with Gasteiger partial charge in [0.15, 0.2) is 21.6 Å². The SMILES string of the molecule is O=C(COC(=O)C[C@@H]1CCS(=O)(=O)C1)Nc1nc(-c2ccc(F)cc2)cs1. The molecule has 0 saturated carbocycles. The highest BCUT2D eigenvalue weighted by atomic mass is 32.2. The minimum atomic E-state index is -3.05. The zero-order valence-corrected chi connectivity index (χ0v) is 15.8. The van der Waals surface area contributed by atoms with Gasteiger partial charge in [-0.1, -0.05) is 0 Å². The molecule has 0 aliphatic carbocycles. The summed E-state index contributed by atoms with van der Waals surface area (Å²) in [6, 6.07) is 5.81. The molecule has 1 aliphatic rings. The Morgan fingerprint density at radius 1 is 1.30 bits per heavy atom. The summed E-state index contributed by atoms with van der Waals surface area (Å²) in [6.45, 7) is -0.468. The van der Waals surface area contributed by atoms with Crippen LogP contribution in [-0.2, 0) is 24.2 Å². The molecule has 144 valence electrons. The second-order valence-electron chi connectivity index (χ2n) is 6.23. The Morgan fingerprint density at radius 2 is 2.04 bits per heavy atom. The standard InChI is InChI=1S/C17H17FN2O5S2/c18-13-3-1-12(2-4-13)14-9-26-17(19-14)20-15(21)8-25-16(22)7-11-5-6-27(23,24)10-11/h1-4,9,11H,5-8,10H2,(H,19,20,21)/t11-/m0/s1. The second kappa shape index (κ2) is 8.13. The van der Waals surface area contributed by atoms with Gasteiger partial charge in [0.25, 0.3) is 5.91 Å². The van der Waals surface area contributed by atoms with Crippen LogP contribution in [0.25, 0.3) is 11.3 Å². The number of benzene rings is 1. The summed E-state index contributed by atoms with van der Waals surface area (Å²) in [5, 5.41) is 4.58. The molecule has 1 aliphatic heterocycles. The van der Waals surface area contributed by atoms with Gasteiger partial charge in [0.2, 0.25) is 0 Å². The number of anilines is 1. The normalized spacial score (nSPS) is 18.2. The highest BCUT2D eigenvalue weighted by Crippen LogP contribution is 2.25. The lowest BCUT2D eigenvalue weighted by atomic mass is 10.1. The van der Waals surface area contributed by atoms with E-state index in [1.54, 1.807) is 17.5 Å². The van der Waals surface area contributed by atoms with E-state index < -0.39 is 28.3 Å². The molecule has 1 atom stereocenters. The number of hydrogen-bond donors (Lipinski definition) is 1. The Hall–Kier alpha value is -2.33. The molecule has 3 rings (SSSR count). The number of rotatable bonds is 6. The molecule has 0 radical (unpaired) electrons. The van der Waals surface area contributed by atoms with Gasteiger partial charge in [-0.15, -0.1) is 11.3 Å². The van der Waals surface area contributed by atoms with Gasteiger partial charge in [0, 0.05) is 17.4 Å². The first-order chi connectivity index (χ1) is 12.8. The van der Waals surface area contributed by atoms with Crippen LogP contribution < -0.4 is 5.32 Å². The van der Waals surface area contributed by atoms with Gasteiger partial charge in [0.05, 0.1) is 17.2 Å². The predicted molar refractivity (Wildman–Crippen MR) is 98.5 cm³/mol. The lowest BCUT2D eigenvalue weighted by molar-refractivity contribution is -0.148. The average molecular weight is 412 g/mol. The van der Waals surface area contributed by atoms with Crippen LogP contribution in [0, 0.1) is 11.7 Å². The van der Waals surface area contributed by atoms with E-state index in [0.29, 0.717) is 22.8 Å². The lowest BCUT2D eigenvalue weighted by Crippen LogP contribution is -2.22. The van der Waals surface area contributed by atoms with E-state index in [0.717, 1.165) is 0 Å². The fourth-order valence-corrected chi connectivity index (χ4v) is 5.31. The maximum atomic E-state index is 12.9. The van der Waals surface area contributed by atoms with E-state index in [-0.39, 0.29) is 29.7 Å². The zero-order chi connectivity index (χ0) is 19.4. The van der Waals surface area contributed by atoms with Crippen LogP contribution in [0.15, 0.2) is 29.6 Å². The lowest BCUT2D eigenvalue weighted by Gasteiger charge is -2.07. The highest BCUT2D eigenvalue weighted by molar-refractivity contribution is 7.91. The number of hydrogen-bond acceptors (Lipinski definition) is 7. The molecule has 1 aromatic heterocycles. The van der Waals surface area contributed by atoms with Crippen molar-refractivity contribution in [2.24, 2.45) is 5.92 Å². The van der Waals surface area contributed by atoms with Crippen molar-refractivity contribution < 1.29 is 27.1 Å². The third-order valence-electron chi connectivity index (χ3n) is 4.04. The van der Waals surface area contributed by atoms with E-state index in [9.17, 15) is 22.4 Å². The number of carbonyl (C=O) groups excluding carboxylic acids is 2. The van der Waals surface area contributed by atoms with Crippen molar-refractivity contribution in [2.45, 2.75) is 12.8 Å². The van der Waals surface area contributed by atoms with E-state index in [1.807, 2.05) is 0 Å². The largest absolute Gasteiger partial charge is 0.456 e. The Labute approximate surface area is 159 Å². The van der Waals surface area contributed by atoms with Crippen molar-refractivity contribution in [2.75, 3.05) is 23.4 Å². The minimum absolute atomic E-state index is 0.0143. The van der Waals surface area contributed by atoms with Gasteiger partial charge < -0.3 is 4.74 Å². The van der Waals surface area contributed by atoms with E-state index in [1.165, 1.54) is 23.5 Å². The molecule has 2 aromatic rings. The van der Waals surface area contributed by atoms with Crippen LogP contribution in [0.5, 0.6) is 0 Å². The van der Waals surface area contributed by atoms with Gasteiger partial charge in [-0.05, 0) is 36.6 Å². The molecule has 1 amide bonds. The van der Waals surface area contributed by atoms with E-state index >= 15 is 0 Å².